The van der Waals surface area contributed by atoms with Gasteiger partial charge in [0.1, 0.15) is 22.7 Å². The van der Waals surface area contributed by atoms with Crippen LogP contribution in [0.2, 0.25) is 0 Å². The molecule has 0 saturated carbocycles. The number of fused-ring (bicyclic) bond motifs is 2. The number of ether oxygens (including phenoxy) is 1. The Kier molecular flexibility index (Phi) is 4.67. The van der Waals surface area contributed by atoms with Crippen molar-refractivity contribution in [2.45, 2.75) is 31.2 Å². The maximum Gasteiger partial charge on any atom is 0.254 e. The predicted molar refractivity (Wildman–Crippen MR) is 123 cm³/mol. The van der Waals surface area contributed by atoms with Crippen molar-refractivity contribution in [2.75, 3.05) is 25.1 Å². The standard InChI is InChI=1S/C25H22N4O6/c1-34-16-5-4-14-12-28(23(32)17(14)9-16)13-25(10-21(30)27-24(25)33)19-7-15-8-20(26-11-18(15)35-19)29-6-2-3-22(29)31/h4-5,7-9,11H,2-3,6,10,12-13H2,1H3,(H,27,30,33)/t25-/m1/s1. The quantitative estimate of drug-likeness (QED) is 0.561. The molecule has 3 aromatic rings. The molecule has 0 unspecified atom stereocenters. The maximum atomic E-state index is 13.2. The molecule has 2 saturated heterocycles. The van der Waals surface area contributed by atoms with Crippen LogP contribution >= 0.6 is 0 Å². The van der Waals surface area contributed by atoms with Crippen molar-refractivity contribution in [1.29, 1.82) is 0 Å². The Morgan fingerprint density at radius 3 is 2.74 bits per heavy atom. The summed E-state index contributed by atoms with van der Waals surface area (Å²) >= 11 is 0. The first-order chi connectivity index (χ1) is 16.9. The van der Waals surface area contributed by atoms with Crippen LogP contribution in [0.5, 0.6) is 5.75 Å². The first kappa shape index (κ1) is 21.3. The number of furan rings is 1. The zero-order chi connectivity index (χ0) is 24.3. The van der Waals surface area contributed by atoms with Crippen LogP contribution in [-0.2, 0) is 26.3 Å². The molecule has 0 radical (unpaired) electrons. The minimum atomic E-state index is -1.37. The molecular formula is C25H22N4O6. The zero-order valence-electron chi connectivity index (χ0n) is 19.0. The summed E-state index contributed by atoms with van der Waals surface area (Å²) in [4.78, 5) is 58.4. The number of amides is 4. The van der Waals surface area contributed by atoms with E-state index in [1.54, 1.807) is 34.1 Å². The lowest BCUT2D eigenvalue weighted by Gasteiger charge is -2.28. The average Bonchev–Trinajstić information content (AvgIpc) is 3.60. The molecule has 10 nitrogen and oxygen atoms in total. The number of imide groups is 1. The normalized spacial score (nSPS) is 21.9. The molecule has 4 amide bonds. The first-order valence-electron chi connectivity index (χ1n) is 11.4. The van der Waals surface area contributed by atoms with Gasteiger partial charge < -0.3 is 14.1 Å². The van der Waals surface area contributed by atoms with E-state index in [1.165, 1.54) is 13.3 Å². The second-order valence-corrected chi connectivity index (χ2v) is 9.16. The lowest BCUT2D eigenvalue weighted by atomic mass is 9.82. The van der Waals surface area contributed by atoms with Gasteiger partial charge in [-0.2, -0.15) is 0 Å². The number of benzene rings is 1. The summed E-state index contributed by atoms with van der Waals surface area (Å²) in [6.45, 7) is 0.890. The highest BCUT2D eigenvalue weighted by Crippen LogP contribution is 2.39. The molecule has 2 aromatic heterocycles. The van der Waals surface area contributed by atoms with Gasteiger partial charge in [0.05, 0.1) is 19.7 Å². The number of methoxy groups -OCH3 is 1. The van der Waals surface area contributed by atoms with Crippen LogP contribution in [0.4, 0.5) is 5.82 Å². The molecule has 1 aromatic carbocycles. The Labute approximate surface area is 199 Å². The summed E-state index contributed by atoms with van der Waals surface area (Å²) in [6, 6.07) is 8.74. The summed E-state index contributed by atoms with van der Waals surface area (Å²) in [5.41, 5.74) is 0.395. The summed E-state index contributed by atoms with van der Waals surface area (Å²) in [5, 5.41) is 3.04. The fourth-order valence-corrected chi connectivity index (χ4v) is 5.18. The average molecular weight is 474 g/mol. The van der Waals surface area contributed by atoms with Gasteiger partial charge in [-0.15, -0.1) is 0 Å². The highest BCUT2D eigenvalue weighted by Gasteiger charge is 2.53. The molecular weight excluding hydrogens is 452 g/mol. The third-order valence-electron chi connectivity index (χ3n) is 7.02. The molecule has 2 fully saturated rings. The van der Waals surface area contributed by atoms with E-state index in [4.69, 9.17) is 9.15 Å². The molecule has 0 bridgehead atoms. The lowest BCUT2D eigenvalue weighted by Crippen LogP contribution is -2.46. The molecule has 3 aliphatic rings. The van der Waals surface area contributed by atoms with E-state index >= 15 is 0 Å². The van der Waals surface area contributed by atoms with Crippen molar-refractivity contribution in [2.24, 2.45) is 0 Å². The van der Waals surface area contributed by atoms with Crippen molar-refractivity contribution in [1.82, 2.24) is 15.2 Å². The van der Waals surface area contributed by atoms with E-state index in [0.29, 0.717) is 47.6 Å². The maximum absolute atomic E-state index is 13.2. The van der Waals surface area contributed by atoms with Crippen LogP contribution in [0, 0.1) is 0 Å². The van der Waals surface area contributed by atoms with Crippen LogP contribution in [0.15, 0.2) is 40.9 Å². The van der Waals surface area contributed by atoms with E-state index in [-0.39, 0.29) is 30.5 Å². The molecule has 0 aliphatic carbocycles. The summed E-state index contributed by atoms with van der Waals surface area (Å²) in [7, 11) is 1.53. The van der Waals surface area contributed by atoms with Crippen molar-refractivity contribution in [3.05, 3.63) is 53.4 Å². The second kappa shape index (κ2) is 7.66. The molecule has 6 rings (SSSR count). The van der Waals surface area contributed by atoms with Crippen LogP contribution in [-0.4, -0.2) is 53.7 Å². The smallest absolute Gasteiger partial charge is 0.254 e. The van der Waals surface area contributed by atoms with Gasteiger partial charge in [-0.25, -0.2) is 4.98 Å². The number of nitrogens with one attached hydrogen (secondary N) is 1. The summed E-state index contributed by atoms with van der Waals surface area (Å²) in [5.74, 6) is 0.212. The fourth-order valence-electron chi connectivity index (χ4n) is 5.18. The van der Waals surface area contributed by atoms with Crippen molar-refractivity contribution >= 4 is 40.4 Å². The highest BCUT2D eigenvalue weighted by molar-refractivity contribution is 6.10. The van der Waals surface area contributed by atoms with E-state index < -0.39 is 17.2 Å². The number of nitrogens with zero attached hydrogens (tertiary/aromatic N) is 3. The predicted octanol–water partition coefficient (Wildman–Crippen LogP) is 1.90. The Balaban J connectivity index is 1.37. The van der Waals surface area contributed by atoms with Gasteiger partial charge in [0.15, 0.2) is 5.58 Å². The highest BCUT2D eigenvalue weighted by atomic mass is 16.5. The van der Waals surface area contributed by atoms with E-state index in [2.05, 4.69) is 10.3 Å². The summed E-state index contributed by atoms with van der Waals surface area (Å²) in [6.07, 6.45) is 2.64. The number of pyridine rings is 1. The minimum Gasteiger partial charge on any atom is -0.497 e. The van der Waals surface area contributed by atoms with Gasteiger partial charge in [0, 0.05) is 37.0 Å². The SMILES string of the molecule is COc1ccc2c(c1)C(=O)N(C[C@@]1(c3cc4cc(N5CCCC5=O)ncc4o3)CC(=O)NC1=O)C2. The van der Waals surface area contributed by atoms with E-state index in [1.807, 2.05) is 6.07 Å². The molecule has 1 N–H and O–H groups in total. The number of carbonyl (C=O) groups is 4. The van der Waals surface area contributed by atoms with Crippen LogP contribution < -0.4 is 15.0 Å². The summed E-state index contributed by atoms with van der Waals surface area (Å²) < 4.78 is 11.3. The Morgan fingerprint density at radius 1 is 1.17 bits per heavy atom. The van der Waals surface area contributed by atoms with Gasteiger partial charge in [-0.05, 0) is 36.2 Å². The molecule has 1 atom stereocenters. The first-order valence-corrected chi connectivity index (χ1v) is 11.4. The van der Waals surface area contributed by atoms with E-state index in [0.717, 1.165) is 12.0 Å². The number of carbonyl (C=O) groups excluding carboxylic acids is 4. The minimum absolute atomic E-state index is 0.0153. The molecule has 0 spiro atoms. The molecule has 178 valence electrons. The van der Waals surface area contributed by atoms with Crippen molar-refractivity contribution < 1.29 is 28.3 Å². The molecule has 3 aliphatic heterocycles. The van der Waals surface area contributed by atoms with Crippen LogP contribution in [0.3, 0.4) is 0 Å². The van der Waals surface area contributed by atoms with Gasteiger partial charge >= 0.3 is 0 Å². The zero-order valence-corrected chi connectivity index (χ0v) is 19.0. The number of hydrogen-bond acceptors (Lipinski definition) is 7. The monoisotopic (exact) mass is 474 g/mol. The number of rotatable bonds is 5. The molecule has 5 heterocycles. The van der Waals surface area contributed by atoms with Gasteiger partial charge in [0.2, 0.25) is 17.7 Å². The number of aromatic nitrogens is 1. The van der Waals surface area contributed by atoms with Crippen molar-refractivity contribution in [3.63, 3.8) is 0 Å². The van der Waals surface area contributed by atoms with Crippen molar-refractivity contribution in [3.8, 4) is 5.75 Å². The number of hydrogen-bond donors (Lipinski definition) is 1. The third-order valence-corrected chi connectivity index (χ3v) is 7.02. The second-order valence-electron chi connectivity index (χ2n) is 9.16. The van der Waals surface area contributed by atoms with E-state index in [9.17, 15) is 19.2 Å². The van der Waals surface area contributed by atoms with Gasteiger partial charge in [-0.3, -0.25) is 29.4 Å². The van der Waals surface area contributed by atoms with Crippen LogP contribution in [0.25, 0.3) is 11.0 Å². The topological polar surface area (TPSA) is 122 Å². The lowest BCUT2D eigenvalue weighted by molar-refractivity contribution is -0.127. The van der Waals surface area contributed by atoms with Gasteiger partial charge in [0.25, 0.3) is 5.91 Å². The number of anilines is 1. The fraction of sp³-hybridized carbons (Fsp3) is 0.320. The Morgan fingerprint density at radius 2 is 2.03 bits per heavy atom. The molecule has 10 heteroatoms. The van der Waals surface area contributed by atoms with Gasteiger partial charge in [-0.1, -0.05) is 6.07 Å². The Hall–Kier alpha value is -4.21. The molecule has 35 heavy (non-hydrogen) atoms. The Bertz CT molecular complexity index is 1430. The van der Waals surface area contributed by atoms with Crippen LogP contribution in [0.1, 0.15) is 40.9 Å². The third kappa shape index (κ3) is 3.28. The largest absolute Gasteiger partial charge is 0.497 e.